The second-order valence-corrected chi connectivity index (χ2v) is 5.28. The number of rotatable bonds is 4. The molecule has 2 nitrogen and oxygen atoms in total. The van der Waals surface area contributed by atoms with Gasteiger partial charge in [-0.3, -0.25) is 0 Å². The van der Waals surface area contributed by atoms with E-state index in [2.05, 4.69) is 74.7 Å². The maximum Gasteiger partial charge on any atom is 0.0849 e. The highest BCUT2D eigenvalue weighted by Gasteiger charge is 1.97. The molecule has 2 heteroatoms. The van der Waals surface area contributed by atoms with E-state index in [0.29, 0.717) is 0 Å². The van der Waals surface area contributed by atoms with Gasteiger partial charge in [-0.2, -0.15) is 0 Å². The van der Waals surface area contributed by atoms with Gasteiger partial charge >= 0.3 is 0 Å². The van der Waals surface area contributed by atoms with E-state index in [1.165, 1.54) is 22.3 Å². The maximum atomic E-state index is 3.40. The Kier molecular flexibility index (Phi) is 4.10. The van der Waals surface area contributed by atoms with E-state index in [1.807, 2.05) is 0 Å². The summed E-state index contributed by atoms with van der Waals surface area (Å²) in [5.41, 5.74) is 7.47. The quantitative estimate of drug-likeness (QED) is 0.790. The van der Waals surface area contributed by atoms with Crippen LogP contribution in [0, 0.1) is 27.7 Å². The molecule has 2 aromatic rings. The van der Waals surface area contributed by atoms with Crippen LogP contribution in [-0.2, 0) is 0 Å². The molecule has 0 fully saturated rings. The lowest BCUT2D eigenvalue weighted by atomic mass is 10.1. The molecule has 0 aromatic heterocycles. The molecule has 2 N–H and O–H groups in total. The van der Waals surface area contributed by atoms with Crippen LogP contribution in [-0.4, -0.2) is 6.67 Å². The zero-order chi connectivity index (χ0) is 13.8. The predicted molar refractivity (Wildman–Crippen MR) is 83.9 cm³/mol. The Labute approximate surface area is 115 Å². The Hall–Kier alpha value is -1.96. The summed E-state index contributed by atoms with van der Waals surface area (Å²) in [6, 6.07) is 13.0. The summed E-state index contributed by atoms with van der Waals surface area (Å²) in [5, 5.41) is 6.81. The van der Waals surface area contributed by atoms with Crippen molar-refractivity contribution >= 4 is 11.4 Å². The third-order valence-corrected chi connectivity index (χ3v) is 3.03. The molecule has 0 aliphatic heterocycles. The Bertz CT molecular complexity index is 481. The number of hydrogen-bond donors (Lipinski definition) is 2. The first-order chi connectivity index (χ1) is 9.02. The Morgan fingerprint density at radius 2 is 0.895 bits per heavy atom. The molecule has 0 radical (unpaired) electrons. The van der Waals surface area contributed by atoms with Crippen LogP contribution in [0.2, 0.25) is 0 Å². The van der Waals surface area contributed by atoms with Gasteiger partial charge in [0.1, 0.15) is 0 Å². The zero-order valence-corrected chi connectivity index (χ0v) is 12.2. The second-order valence-electron chi connectivity index (χ2n) is 5.28. The molecule has 0 spiro atoms. The molecular formula is C17H22N2. The van der Waals surface area contributed by atoms with E-state index in [1.54, 1.807) is 0 Å². The van der Waals surface area contributed by atoms with Crippen LogP contribution in [0.1, 0.15) is 22.3 Å². The summed E-state index contributed by atoms with van der Waals surface area (Å²) in [4.78, 5) is 0. The predicted octanol–water partition coefficient (Wildman–Crippen LogP) is 4.40. The Morgan fingerprint density at radius 1 is 0.579 bits per heavy atom. The van der Waals surface area contributed by atoms with E-state index in [-0.39, 0.29) is 0 Å². The van der Waals surface area contributed by atoms with Gasteiger partial charge in [-0.15, -0.1) is 0 Å². The smallest absolute Gasteiger partial charge is 0.0849 e. The molecule has 0 bridgehead atoms. The number of benzene rings is 2. The number of anilines is 2. The van der Waals surface area contributed by atoms with Crippen molar-refractivity contribution < 1.29 is 0 Å². The average Bonchev–Trinajstić information content (AvgIpc) is 2.26. The van der Waals surface area contributed by atoms with Crippen LogP contribution < -0.4 is 10.6 Å². The van der Waals surface area contributed by atoms with Crippen molar-refractivity contribution in [2.75, 3.05) is 17.3 Å². The molecule has 2 aromatic carbocycles. The van der Waals surface area contributed by atoms with Crippen molar-refractivity contribution in [2.45, 2.75) is 27.7 Å². The molecule has 0 saturated heterocycles. The van der Waals surface area contributed by atoms with Gasteiger partial charge in [-0.1, -0.05) is 12.1 Å². The first kappa shape index (κ1) is 13.5. The summed E-state index contributed by atoms with van der Waals surface area (Å²) < 4.78 is 0. The van der Waals surface area contributed by atoms with Crippen molar-refractivity contribution in [1.29, 1.82) is 0 Å². The van der Waals surface area contributed by atoms with Crippen molar-refractivity contribution in [1.82, 2.24) is 0 Å². The van der Waals surface area contributed by atoms with E-state index < -0.39 is 0 Å². The third-order valence-electron chi connectivity index (χ3n) is 3.03. The molecule has 0 saturated carbocycles. The van der Waals surface area contributed by atoms with Crippen LogP contribution >= 0.6 is 0 Å². The lowest BCUT2D eigenvalue weighted by Gasteiger charge is -2.12. The minimum atomic E-state index is 0.728. The molecule has 2 rings (SSSR count). The van der Waals surface area contributed by atoms with Crippen molar-refractivity contribution in [3.05, 3.63) is 58.7 Å². The summed E-state index contributed by atoms with van der Waals surface area (Å²) in [7, 11) is 0. The molecule has 0 aliphatic rings. The molecule has 0 heterocycles. The molecule has 0 atom stereocenters. The van der Waals surface area contributed by atoms with Crippen LogP contribution in [0.4, 0.5) is 11.4 Å². The lowest BCUT2D eigenvalue weighted by molar-refractivity contribution is 1.20. The first-order valence-electron chi connectivity index (χ1n) is 6.67. The second kappa shape index (κ2) is 5.79. The van der Waals surface area contributed by atoms with Gasteiger partial charge in [-0.05, 0) is 74.2 Å². The molecular weight excluding hydrogens is 232 g/mol. The summed E-state index contributed by atoms with van der Waals surface area (Å²) in [6.45, 7) is 9.21. The highest BCUT2D eigenvalue weighted by atomic mass is 15.1. The molecule has 0 amide bonds. The van der Waals surface area contributed by atoms with Crippen LogP contribution in [0.5, 0.6) is 0 Å². The van der Waals surface area contributed by atoms with Crippen LogP contribution in [0.3, 0.4) is 0 Å². The van der Waals surface area contributed by atoms with Gasteiger partial charge in [0.25, 0.3) is 0 Å². The molecule has 0 unspecified atom stereocenters. The van der Waals surface area contributed by atoms with E-state index in [0.717, 1.165) is 18.0 Å². The fraction of sp³-hybridized carbons (Fsp3) is 0.294. The molecule has 19 heavy (non-hydrogen) atoms. The minimum absolute atomic E-state index is 0.728. The average molecular weight is 254 g/mol. The fourth-order valence-electron chi connectivity index (χ4n) is 2.40. The lowest BCUT2D eigenvalue weighted by Crippen LogP contribution is -2.12. The van der Waals surface area contributed by atoms with E-state index in [9.17, 15) is 0 Å². The van der Waals surface area contributed by atoms with Gasteiger partial charge in [0.2, 0.25) is 0 Å². The van der Waals surface area contributed by atoms with Gasteiger partial charge < -0.3 is 10.6 Å². The van der Waals surface area contributed by atoms with E-state index >= 15 is 0 Å². The monoisotopic (exact) mass is 254 g/mol. The number of hydrogen-bond acceptors (Lipinski definition) is 2. The Morgan fingerprint density at radius 3 is 1.21 bits per heavy atom. The zero-order valence-electron chi connectivity index (χ0n) is 12.2. The SMILES string of the molecule is Cc1cc(C)cc(NCNc2cc(C)cc(C)c2)c1. The van der Waals surface area contributed by atoms with Crippen LogP contribution in [0.15, 0.2) is 36.4 Å². The van der Waals surface area contributed by atoms with Crippen molar-refractivity contribution in [2.24, 2.45) is 0 Å². The normalized spacial score (nSPS) is 10.3. The Balaban J connectivity index is 1.96. The van der Waals surface area contributed by atoms with Crippen molar-refractivity contribution in [3.8, 4) is 0 Å². The molecule has 0 aliphatic carbocycles. The van der Waals surface area contributed by atoms with E-state index in [4.69, 9.17) is 0 Å². The molecule has 100 valence electrons. The largest absolute Gasteiger partial charge is 0.368 e. The maximum absolute atomic E-state index is 3.40. The van der Waals surface area contributed by atoms with Gasteiger partial charge in [0.05, 0.1) is 6.67 Å². The number of nitrogens with one attached hydrogen (secondary N) is 2. The summed E-state index contributed by atoms with van der Waals surface area (Å²) >= 11 is 0. The van der Waals surface area contributed by atoms with Crippen molar-refractivity contribution in [3.63, 3.8) is 0 Å². The van der Waals surface area contributed by atoms with Gasteiger partial charge in [0, 0.05) is 11.4 Å². The fourth-order valence-corrected chi connectivity index (χ4v) is 2.40. The number of aryl methyl sites for hydroxylation is 4. The van der Waals surface area contributed by atoms with Gasteiger partial charge in [-0.25, -0.2) is 0 Å². The topological polar surface area (TPSA) is 24.1 Å². The highest BCUT2D eigenvalue weighted by Crippen LogP contribution is 2.15. The minimum Gasteiger partial charge on any atom is -0.368 e. The van der Waals surface area contributed by atoms with Gasteiger partial charge in [0.15, 0.2) is 0 Å². The summed E-state index contributed by atoms with van der Waals surface area (Å²) in [5.74, 6) is 0. The van der Waals surface area contributed by atoms with Crippen LogP contribution in [0.25, 0.3) is 0 Å². The standard InChI is InChI=1S/C17H22N2/c1-12-5-13(2)8-16(7-12)18-11-19-17-9-14(3)6-15(4)10-17/h5-10,18-19H,11H2,1-4H3. The third kappa shape index (κ3) is 4.02. The highest BCUT2D eigenvalue weighted by molar-refractivity contribution is 5.52. The summed E-state index contributed by atoms with van der Waals surface area (Å²) in [6.07, 6.45) is 0. The first-order valence-corrected chi connectivity index (χ1v) is 6.67.